The lowest BCUT2D eigenvalue weighted by Gasteiger charge is -2.07. The van der Waals surface area contributed by atoms with Crippen LogP contribution in [0.1, 0.15) is 6.42 Å². The molecule has 1 N–H and O–H groups in total. The molecular formula is C10H5Cl2F3N2O. The Morgan fingerprint density at radius 1 is 1.22 bits per heavy atom. The topological polar surface area (TPSA) is 41.5 Å². The summed E-state index contributed by atoms with van der Waals surface area (Å²) in [4.78, 5) is 14.8. The van der Waals surface area contributed by atoms with Crippen molar-refractivity contribution in [3.05, 3.63) is 22.2 Å². The first kappa shape index (κ1) is 13.2. The van der Waals surface area contributed by atoms with Crippen molar-refractivity contribution in [1.29, 1.82) is 0 Å². The van der Waals surface area contributed by atoms with Gasteiger partial charge >= 0.3 is 6.18 Å². The molecule has 96 valence electrons. The number of hydrogen-bond donors (Lipinski definition) is 1. The van der Waals surface area contributed by atoms with Crippen molar-refractivity contribution in [1.82, 2.24) is 0 Å². The number of nitrogens with one attached hydrogen (secondary N) is 1. The average molecular weight is 297 g/mol. The minimum Gasteiger partial charge on any atom is -0.324 e. The highest BCUT2D eigenvalue weighted by Gasteiger charge is 2.38. The summed E-state index contributed by atoms with van der Waals surface area (Å²) in [6.07, 6.45) is -5.50. The fraction of sp³-hybridized carbons (Fsp3) is 0.200. The van der Waals surface area contributed by atoms with E-state index in [1.165, 1.54) is 12.1 Å². The molecule has 0 bridgehead atoms. The molecule has 1 amide bonds. The minimum absolute atomic E-state index is 0.0665. The highest BCUT2D eigenvalue weighted by Crippen LogP contribution is 2.37. The maximum Gasteiger partial charge on any atom is 0.430 e. The highest BCUT2D eigenvalue weighted by atomic mass is 35.5. The van der Waals surface area contributed by atoms with Crippen LogP contribution in [0.5, 0.6) is 0 Å². The van der Waals surface area contributed by atoms with E-state index in [4.69, 9.17) is 23.2 Å². The summed E-state index contributed by atoms with van der Waals surface area (Å²) in [6, 6.07) is 2.44. The number of carbonyl (C=O) groups is 1. The number of rotatable bonds is 0. The third kappa shape index (κ3) is 2.59. The maximum atomic E-state index is 12.6. The number of aliphatic imine (C=N–C) groups is 1. The Kier molecular flexibility index (Phi) is 3.25. The van der Waals surface area contributed by atoms with Gasteiger partial charge in [0.05, 0.1) is 27.8 Å². The number of hydrogen-bond acceptors (Lipinski definition) is 2. The van der Waals surface area contributed by atoms with E-state index in [9.17, 15) is 18.0 Å². The van der Waals surface area contributed by atoms with Gasteiger partial charge in [-0.15, -0.1) is 0 Å². The summed E-state index contributed by atoms with van der Waals surface area (Å²) in [5.74, 6) is -0.803. The molecule has 0 saturated carbocycles. The normalized spacial score (nSPS) is 15.6. The Bertz CT molecular complexity index is 555. The summed E-state index contributed by atoms with van der Waals surface area (Å²) >= 11 is 11.4. The van der Waals surface area contributed by atoms with Crippen molar-refractivity contribution in [2.75, 3.05) is 5.32 Å². The first-order valence-corrected chi connectivity index (χ1v) is 5.46. The Morgan fingerprint density at radius 3 is 2.44 bits per heavy atom. The van der Waals surface area contributed by atoms with Crippen LogP contribution < -0.4 is 5.32 Å². The smallest absolute Gasteiger partial charge is 0.324 e. The largest absolute Gasteiger partial charge is 0.430 e. The number of nitrogens with zero attached hydrogens (tertiary/aromatic N) is 1. The third-order valence-electron chi connectivity index (χ3n) is 2.22. The summed E-state index contributed by atoms with van der Waals surface area (Å²) in [5, 5.41) is 2.49. The van der Waals surface area contributed by atoms with Crippen molar-refractivity contribution < 1.29 is 18.0 Å². The van der Waals surface area contributed by atoms with Gasteiger partial charge in [0.2, 0.25) is 5.91 Å². The van der Waals surface area contributed by atoms with Crippen molar-refractivity contribution in [3.8, 4) is 0 Å². The average Bonchev–Trinajstić information content (AvgIpc) is 2.37. The van der Waals surface area contributed by atoms with E-state index in [1.807, 2.05) is 0 Å². The number of amides is 1. The highest BCUT2D eigenvalue weighted by molar-refractivity contribution is 6.42. The van der Waals surface area contributed by atoms with Crippen molar-refractivity contribution in [2.24, 2.45) is 4.99 Å². The van der Waals surface area contributed by atoms with E-state index >= 15 is 0 Å². The van der Waals surface area contributed by atoms with Gasteiger partial charge in [-0.25, -0.2) is 4.99 Å². The fourth-order valence-corrected chi connectivity index (χ4v) is 1.75. The zero-order valence-corrected chi connectivity index (χ0v) is 10.1. The van der Waals surface area contributed by atoms with Crippen molar-refractivity contribution in [3.63, 3.8) is 0 Å². The van der Waals surface area contributed by atoms with Crippen LogP contribution in [0.15, 0.2) is 17.1 Å². The van der Waals surface area contributed by atoms with Crippen LogP contribution >= 0.6 is 23.2 Å². The molecule has 2 rings (SSSR count). The molecule has 1 heterocycles. The fourth-order valence-electron chi connectivity index (χ4n) is 1.42. The molecule has 0 aromatic heterocycles. The predicted molar refractivity (Wildman–Crippen MR) is 62.9 cm³/mol. The summed E-state index contributed by atoms with van der Waals surface area (Å²) in [7, 11) is 0. The molecule has 3 nitrogen and oxygen atoms in total. The van der Waals surface area contributed by atoms with Crippen LogP contribution in [0.3, 0.4) is 0 Å². The third-order valence-corrected chi connectivity index (χ3v) is 2.95. The van der Waals surface area contributed by atoms with E-state index in [0.717, 1.165) is 0 Å². The molecule has 8 heteroatoms. The molecule has 0 atom stereocenters. The first-order valence-electron chi connectivity index (χ1n) is 4.71. The van der Waals surface area contributed by atoms with E-state index in [1.54, 1.807) is 0 Å². The molecule has 1 aromatic rings. The maximum absolute atomic E-state index is 12.6. The van der Waals surface area contributed by atoms with Crippen LogP contribution in [0.2, 0.25) is 10.0 Å². The standard InChI is InChI=1S/C10H5Cl2F3N2O/c11-4-1-6-7(2-5(4)12)17-9(18)3-8(16-6)10(13,14)15/h1-2H,3H2,(H,17,18). The van der Waals surface area contributed by atoms with Gasteiger partial charge in [-0.3, -0.25) is 4.79 Å². The van der Waals surface area contributed by atoms with Gasteiger partial charge in [-0.1, -0.05) is 23.2 Å². The predicted octanol–water partition coefficient (Wildman–Crippen LogP) is 3.97. The molecule has 0 unspecified atom stereocenters. The van der Waals surface area contributed by atoms with Crippen molar-refractivity contribution >= 4 is 46.2 Å². The molecular weight excluding hydrogens is 292 g/mol. The zero-order chi connectivity index (χ0) is 13.5. The molecule has 1 aliphatic heterocycles. The molecule has 0 aliphatic carbocycles. The lowest BCUT2D eigenvalue weighted by atomic mass is 10.2. The van der Waals surface area contributed by atoms with Crippen LogP contribution in [-0.2, 0) is 4.79 Å². The summed E-state index contributed by atoms with van der Waals surface area (Å²) < 4.78 is 37.8. The van der Waals surface area contributed by atoms with Crippen LogP contribution in [0, 0.1) is 0 Å². The Hall–Kier alpha value is -1.27. The van der Waals surface area contributed by atoms with E-state index in [0.29, 0.717) is 0 Å². The number of halogens is 5. The Balaban J connectivity index is 2.59. The van der Waals surface area contributed by atoms with Gasteiger partial charge in [0.1, 0.15) is 5.71 Å². The second-order valence-electron chi connectivity index (χ2n) is 3.56. The molecule has 0 saturated heterocycles. The molecule has 1 aromatic carbocycles. The first-order chi connectivity index (χ1) is 8.27. The van der Waals surface area contributed by atoms with E-state index in [2.05, 4.69) is 10.3 Å². The summed E-state index contributed by atoms with van der Waals surface area (Å²) in [6.45, 7) is 0. The minimum atomic E-state index is -4.66. The second-order valence-corrected chi connectivity index (χ2v) is 4.38. The number of benzene rings is 1. The van der Waals surface area contributed by atoms with Crippen LogP contribution in [-0.4, -0.2) is 17.8 Å². The van der Waals surface area contributed by atoms with E-state index in [-0.39, 0.29) is 21.4 Å². The molecule has 18 heavy (non-hydrogen) atoms. The van der Waals surface area contributed by atoms with Gasteiger partial charge in [0.15, 0.2) is 0 Å². The molecule has 0 spiro atoms. The summed E-state index contributed by atoms with van der Waals surface area (Å²) in [5.41, 5.74) is -1.13. The lowest BCUT2D eigenvalue weighted by Crippen LogP contribution is -2.26. The second kappa shape index (κ2) is 4.44. The van der Waals surface area contributed by atoms with Crippen molar-refractivity contribution in [2.45, 2.75) is 12.6 Å². The van der Waals surface area contributed by atoms with Gasteiger partial charge in [0.25, 0.3) is 0 Å². The van der Waals surface area contributed by atoms with Crippen LogP contribution in [0.25, 0.3) is 0 Å². The van der Waals surface area contributed by atoms with Gasteiger partial charge in [-0.2, -0.15) is 13.2 Å². The zero-order valence-electron chi connectivity index (χ0n) is 8.61. The van der Waals surface area contributed by atoms with Gasteiger partial charge in [-0.05, 0) is 12.1 Å². The SMILES string of the molecule is O=C1CC(C(F)(F)F)=Nc2cc(Cl)c(Cl)cc2N1. The number of fused-ring (bicyclic) bond motifs is 1. The molecule has 0 radical (unpaired) electrons. The molecule has 0 fully saturated rings. The Morgan fingerprint density at radius 2 is 1.83 bits per heavy atom. The van der Waals surface area contributed by atoms with Crippen LogP contribution in [0.4, 0.5) is 24.5 Å². The Labute approximate surface area is 110 Å². The number of alkyl halides is 3. The van der Waals surface area contributed by atoms with Gasteiger partial charge < -0.3 is 5.32 Å². The number of carbonyl (C=O) groups excluding carboxylic acids is 1. The lowest BCUT2D eigenvalue weighted by molar-refractivity contribution is -0.116. The van der Waals surface area contributed by atoms with E-state index < -0.39 is 24.2 Å². The monoisotopic (exact) mass is 296 g/mol. The van der Waals surface area contributed by atoms with Gasteiger partial charge in [0, 0.05) is 0 Å². The molecule has 1 aliphatic rings. The number of anilines is 1. The quantitative estimate of drug-likeness (QED) is 0.773.